The Morgan fingerprint density at radius 3 is 2.40 bits per heavy atom. The van der Waals surface area contributed by atoms with E-state index in [1.807, 2.05) is 0 Å². The molecule has 108 valence electrons. The first-order valence-corrected chi connectivity index (χ1v) is 6.16. The molecule has 0 aliphatic carbocycles. The van der Waals surface area contributed by atoms with E-state index in [2.05, 4.69) is 0 Å². The molecule has 1 N–H and O–H groups in total. The number of carbonyl (C=O) groups excluding carboxylic acids is 1. The maximum Gasteiger partial charge on any atom is 0.331 e. The molecule has 1 aromatic carbocycles. The van der Waals surface area contributed by atoms with Gasteiger partial charge in [0.15, 0.2) is 11.5 Å². The average Bonchev–Trinajstić information content (AvgIpc) is 2.39. The molecule has 0 bridgehead atoms. The molecule has 0 radical (unpaired) electrons. The minimum atomic E-state index is -0.987. The third-order valence-corrected chi connectivity index (χ3v) is 2.59. The molecule has 0 aromatic heterocycles. The Labute approximate surface area is 117 Å². The summed E-state index contributed by atoms with van der Waals surface area (Å²) >= 11 is 0. The van der Waals surface area contributed by atoms with E-state index in [0.29, 0.717) is 17.1 Å². The van der Waals surface area contributed by atoms with Gasteiger partial charge in [-0.25, -0.2) is 4.79 Å². The van der Waals surface area contributed by atoms with Gasteiger partial charge in [-0.3, -0.25) is 4.79 Å². The smallest absolute Gasteiger partial charge is 0.331 e. The van der Waals surface area contributed by atoms with Gasteiger partial charge >= 0.3 is 11.9 Å². The highest BCUT2D eigenvalue weighted by Gasteiger charge is 2.13. The SMILES string of the molecule is COc1cc(/C=C(\C)C(=O)O)ccc1OC(=O)C(C)C. The van der Waals surface area contributed by atoms with E-state index < -0.39 is 5.97 Å². The van der Waals surface area contributed by atoms with Gasteiger partial charge in [-0.2, -0.15) is 0 Å². The second-order valence-electron chi connectivity index (χ2n) is 4.62. The standard InChI is InChI=1S/C15H18O5/c1-9(2)15(18)20-12-6-5-11(8-13(12)19-4)7-10(3)14(16)17/h5-9H,1-4H3,(H,16,17)/b10-7+. The van der Waals surface area contributed by atoms with E-state index in [-0.39, 0.29) is 17.5 Å². The van der Waals surface area contributed by atoms with Gasteiger partial charge in [0.2, 0.25) is 0 Å². The Bertz CT molecular complexity index is 543. The molecule has 0 aliphatic heterocycles. The fraction of sp³-hybridized carbons (Fsp3) is 0.333. The predicted octanol–water partition coefficient (Wildman–Crippen LogP) is 2.74. The van der Waals surface area contributed by atoms with E-state index in [1.54, 1.807) is 32.0 Å². The Balaban J connectivity index is 3.05. The number of ether oxygens (including phenoxy) is 2. The minimum Gasteiger partial charge on any atom is -0.493 e. The number of benzene rings is 1. The summed E-state index contributed by atoms with van der Waals surface area (Å²) in [5.41, 5.74) is 0.866. The van der Waals surface area contributed by atoms with Crippen molar-refractivity contribution in [2.75, 3.05) is 7.11 Å². The van der Waals surface area contributed by atoms with Crippen molar-refractivity contribution in [1.82, 2.24) is 0 Å². The van der Waals surface area contributed by atoms with E-state index in [0.717, 1.165) is 0 Å². The van der Waals surface area contributed by atoms with Crippen LogP contribution in [-0.4, -0.2) is 24.2 Å². The minimum absolute atomic E-state index is 0.207. The molecule has 0 fully saturated rings. The second kappa shape index (κ2) is 6.75. The van der Waals surface area contributed by atoms with E-state index in [1.165, 1.54) is 20.1 Å². The van der Waals surface area contributed by atoms with Crippen LogP contribution in [0.1, 0.15) is 26.3 Å². The van der Waals surface area contributed by atoms with Crippen molar-refractivity contribution < 1.29 is 24.2 Å². The van der Waals surface area contributed by atoms with Gasteiger partial charge < -0.3 is 14.6 Å². The quantitative estimate of drug-likeness (QED) is 0.509. The summed E-state index contributed by atoms with van der Waals surface area (Å²) in [5.74, 6) is -0.886. The highest BCUT2D eigenvalue weighted by molar-refractivity contribution is 5.91. The van der Waals surface area contributed by atoms with Crippen molar-refractivity contribution in [1.29, 1.82) is 0 Å². The molecule has 5 nitrogen and oxygen atoms in total. The first-order chi connectivity index (χ1) is 9.35. The number of methoxy groups -OCH3 is 1. The predicted molar refractivity (Wildman–Crippen MR) is 74.8 cm³/mol. The van der Waals surface area contributed by atoms with Crippen LogP contribution < -0.4 is 9.47 Å². The van der Waals surface area contributed by atoms with Crippen molar-refractivity contribution in [3.63, 3.8) is 0 Å². The number of hydrogen-bond donors (Lipinski definition) is 1. The lowest BCUT2D eigenvalue weighted by Gasteiger charge is -2.11. The van der Waals surface area contributed by atoms with Gasteiger partial charge in [-0.05, 0) is 30.7 Å². The lowest BCUT2D eigenvalue weighted by molar-refractivity contribution is -0.138. The molecule has 5 heteroatoms. The van der Waals surface area contributed by atoms with Crippen LogP contribution in [0, 0.1) is 5.92 Å². The summed E-state index contributed by atoms with van der Waals surface area (Å²) in [7, 11) is 1.46. The number of carbonyl (C=O) groups is 2. The molecule has 0 aliphatic rings. The zero-order valence-corrected chi connectivity index (χ0v) is 12.0. The molecule has 1 rings (SSSR count). The first-order valence-electron chi connectivity index (χ1n) is 6.16. The maximum absolute atomic E-state index is 11.6. The van der Waals surface area contributed by atoms with Crippen LogP contribution in [0.25, 0.3) is 6.08 Å². The lowest BCUT2D eigenvalue weighted by Crippen LogP contribution is -2.15. The number of esters is 1. The van der Waals surface area contributed by atoms with Crippen molar-refractivity contribution in [3.8, 4) is 11.5 Å². The highest BCUT2D eigenvalue weighted by Crippen LogP contribution is 2.29. The highest BCUT2D eigenvalue weighted by atomic mass is 16.6. The topological polar surface area (TPSA) is 72.8 Å². The second-order valence-corrected chi connectivity index (χ2v) is 4.62. The largest absolute Gasteiger partial charge is 0.493 e. The molecule has 0 unspecified atom stereocenters. The Kier molecular flexibility index (Phi) is 5.32. The van der Waals surface area contributed by atoms with E-state index >= 15 is 0 Å². The first kappa shape index (κ1) is 15.8. The normalized spacial score (nSPS) is 11.3. The fourth-order valence-electron chi connectivity index (χ4n) is 1.40. The van der Waals surface area contributed by atoms with Gasteiger partial charge in [0.25, 0.3) is 0 Å². The Morgan fingerprint density at radius 1 is 1.25 bits per heavy atom. The third-order valence-electron chi connectivity index (χ3n) is 2.59. The molecule has 0 saturated heterocycles. The van der Waals surface area contributed by atoms with Crippen LogP contribution in [0.15, 0.2) is 23.8 Å². The third kappa shape index (κ3) is 4.12. The monoisotopic (exact) mass is 278 g/mol. The molecular formula is C15H18O5. The summed E-state index contributed by atoms with van der Waals surface area (Å²) < 4.78 is 10.4. The molecule has 0 spiro atoms. The molecular weight excluding hydrogens is 260 g/mol. The number of aliphatic carboxylic acids is 1. The van der Waals surface area contributed by atoms with E-state index in [9.17, 15) is 9.59 Å². The molecule has 0 saturated carbocycles. The average molecular weight is 278 g/mol. The van der Waals surface area contributed by atoms with E-state index in [4.69, 9.17) is 14.6 Å². The Hall–Kier alpha value is -2.30. The van der Waals surface area contributed by atoms with Gasteiger partial charge in [-0.1, -0.05) is 19.9 Å². The summed E-state index contributed by atoms with van der Waals surface area (Å²) in [6, 6.07) is 4.87. The van der Waals surface area contributed by atoms with Crippen LogP contribution in [0.5, 0.6) is 11.5 Å². The van der Waals surface area contributed by atoms with Crippen LogP contribution in [0.3, 0.4) is 0 Å². The lowest BCUT2D eigenvalue weighted by atomic mass is 10.1. The molecule has 0 atom stereocenters. The number of hydrogen-bond acceptors (Lipinski definition) is 4. The van der Waals surface area contributed by atoms with Gasteiger partial charge in [0.05, 0.1) is 13.0 Å². The number of rotatable bonds is 5. The summed E-state index contributed by atoms with van der Waals surface area (Å²) in [6.45, 7) is 4.98. The summed E-state index contributed by atoms with van der Waals surface area (Å²) in [6.07, 6.45) is 1.51. The van der Waals surface area contributed by atoms with Crippen molar-refractivity contribution in [2.45, 2.75) is 20.8 Å². The molecule has 20 heavy (non-hydrogen) atoms. The zero-order chi connectivity index (χ0) is 15.3. The number of carboxylic acid groups (broad SMARTS) is 1. The maximum atomic E-state index is 11.6. The van der Waals surface area contributed by atoms with Crippen molar-refractivity contribution in [2.24, 2.45) is 5.92 Å². The van der Waals surface area contributed by atoms with Crippen LogP contribution >= 0.6 is 0 Å². The van der Waals surface area contributed by atoms with Crippen molar-refractivity contribution in [3.05, 3.63) is 29.3 Å². The Morgan fingerprint density at radius 2 is 1.90 bits per heavy atom. The molecule has 0 heterocycles. The van der Waals surface area contributed by atoms with Crippen LogP contribution in [-0.2, 0) is 9.59 Å². The number of carboxylic acids is 1. The fourth-order valence-corrected chi connectivity index (χ4v) is 1.40. The zero-order valence-electron chi connectivity index (χ0n) is 12.0. The summed E-state index contributed by atoms with van der Waals surface area (Å²) in [4.78, 5) is 22.3. The van der Waals surface area contributed by atoms with Gasteiger partial charge in [0, 0.05) is 5.57 Å². The summed E-state index contributed by atoms with van der Waals surface area (Å²) in [5, 5.41) is 8.84. The molecule has 1 aromatic rings. The van der Waals surface area contributed by atoms with Crippen LogP contribution in [0.2, 0.25) is 0 Å². The van der Waals surface area contributed by atoms with Gasteiger partial charge in [0.1, 0.15) is 0 Å². The van der Waals surface area contributed by atoms with Crippen molar-refractivity contribution >= 4 is 18.0 Å². The van der Waals surface area contributed by atoms with Crippen LogP contribution in [0.4, 0.5) is 0 Å². The molecule has 0 amide bonds. The van der Waals surface area contributed by atoms with Gasteiger partial charge in [-0.15, -0.1) is 0 Å².